The molecule has 0 N–H and O–H groups in total. The third kappa shape index (κ3) is 5.52. The van der Waals surface area contributed by atoms with Gasteiger partial charge in [-0.25, -0.2) is 0 Å². The zero-order valence-corrected chi connectivity index (χ0v) is 38.0. The van der Waals surface area contributed by atoms with E-state index in [1.165, 1.54) is 76.2 Å². The fourth-order valence-corrected chi connectivity index (χ4v) is 14.4. The van der Waals surface area contributed by atoms with E-state index < -0.39 is 8.07 Å². The van der Waals surface area contributed by atoms with Gasteiger partial charge in [0.15, 0.2) is 11.2 Å². The Balaban J connectivity index is 0.878. The summed E-state index contributed by atoms with van der Waals surface area (Å²) < 4.78 is 18.3. The van der Waals surface area contributed by atoms with Gasteiger partial charge in [-0.2, -0.15) is 0 Å². The predicted octanol–water partition coefficient (Wildman–Crippen LogP) is 15.8. The molecule has 0 spiro atoms. The smallest absolute Gasteiger partial charge is 0.159 e. The maximum absolute atomic E-state index is 6.82. The fourth-order valence-electron chi connectivity index (χ4n) is 11.3. The van der Waals surface area contributed by atoms with Crippen LogP contribution in [0.4, 0.5) is 0 Å². The lowest BCUT2D eigenvalue weighted by Crippen LogP contribution is -2.54. The maximum Gasteiger partial charge on any atom is 0.159 e. The van der Waals surface area contributed by atoms with Crippen LogP contribution < -0.4 is 10.4 Å². The van der Waals surface area contributed by atoms with Crippen molar-refractivity contribution in [3.05, 3.63) is 218 Å². The van der Waals surface area contributed by atoms with Gasteiger partial charge in [0, 0.05) is 43.1 Å². The molecule has 0 aliphatic rings. The van der Waals surface area contributed by atoms with E-state index in [4.69, 9.17) is 8.83 Å². The second kappa shape index (κ2) is 14.3. The minimum Gasteiger partial charge on any atom is -0.454 e. The Hall–Kier alpha value is -8.38. The standard InChI is InChI=1S/C62H42N2O2Si/c1-67(2,59-31-13-7-17-41(59)39-33-35-57-49(37-39)47-23-15-29-55(61(47)65-57)63-51-25-9-3-19-43(51)44-20-4-10-26-52(44)63)60-32-14-8-18-42(60)40-34-36-58-50(38-40)48-24-16-30-56(62(48)66-58)64-53-27-11-5-21-45(53)46-22-6-12-28-54(46)64/h3-38H,1-2H3. The molecule has 4 heterocycles. The Kier molecular flexibility index (Phi) is 8.10. The van der Waals surface area contributed by atoms with Crippen LogP contribution in [0.15, 0.2) is 227 Å². The zero-order valence-electron chi connectivity index (χ0n) is 37.0. The van der Waals surface area contributed by atoms with Crippen molar-refractivity contribution < 1.29 is 8.83 Å². The SMILES string of the molecule is C[Si](C)(c1ccccc1-c1ccc2oc3c(-n4c5ccccc5c5ccccc54)cccc3c2c1)c1ccccc1-c1ccc2oc3c(-n4c5ccccc5c5ccccc54)cccc3c2c1. The molecule has 14 aromatic rings. The van der Waals surface area contributed by atoms with E-state index in [0.29, 0.717) is 0 Å². The van der Waals surface area contributed by atoms with E-state index in [-0.39, 0.29) is 0 Å². The number of hydrogen-bond acceptors (Lipinski definition) is 2. The summed E-state index contributed by atoms with van der Waals surface area (Å²) in [4.78, 5) is 0. The highest BCUT2D eigenvalue weighted by Gasteiger charge is 2.32. The fraction of sp³-hybridized carbons (Fsp3) is 0.0323. The number of hydrogen-bond donors (Lipinski definition) is 0. The molecule has 0 fully saturated rings. The van der Waals surface area contributed by atoms with Gasteiger partial charge in [-0.05, 0) is 93.3 Å². The van der Waals surface area contributed by atoms with Gasteiger partial charge in [-0.15, -0.1) is 0 Å². The lowest BCUT2D eigenvalue weighted by molar-refractivity contribution is 0.666. The summed E-state index contributed by atoms with van der Waals surface area (Å²) >= 11 is 0. The summed E-state index contributed by atoms with van der Waals surface area (Å²) in [5, 5.41) is 12.2. The highest BCUT2D eigenvalue weighted by molar-refractivity contribution is 7.02. The Morgan fingerprint density at radius 2 is 0.657 bits per heavy atom. The van der Waals surface area contributed by atoms with E-state index in [2.05, 4.69) is 241 Å². The topological polar surface area (TPSA) is 36.1 Å². The van der Waals surface area contributed by atoms with Gasteiger partial charge in [-0.1, -0.05) is 171 Å². The summed E-state index contributed by atoms with van der Waals surface area (Å²) in [6, 6.07) is 79.3. The maximum atomic E-state index is 6.82. The van der Waals surface area contributed by atoms with Crippen LogP contribution in [0.2, 0.25) is 13.1 Å². The van der Waals surface area contributed by atoms with Gasteiger partial charge >= 0.3 is 0 Å². The third-order valence-corrected chi connectivity index (χ3v) is 18.0. The van der Waals surface area contributed by atoms with Crippen LogP contribution in [0.5, 0.6) is 0 Å². The van der Waals surface area contributed by atoms with E-state index in [9.17, 15) is 0 Å². The first kappa shape index (κ1) is 37.9. The number of rotatable bonds is 6. The average molecular weight is 875 g/mol. The Morgan fingerprint density at radius 3 is 1.06 bits per heavy atom. The Morgan fingerprint density at radius 1 is 0.313 bits per heavy atom. The molecule has 0 unspecified atom stereocenters. The van der Waals surface area contributed by atoms with Gasteiger partial charge in [0.1, 0.15) is 19.2 Å². The molecule has 0 radical (unpaired) electrons. The molecule has 0 atom stereocenters. The second-order valence-electron chi connectivity index (χ2n) is 18.4. The number of furan rings is 2. The summed E-state index contributed by atoms with van der Waals surface area (Å²) in [6.45, 7) is 5.00. The van der Waals surface area contributed by atoms with Crippen LogP contribution in [0.3, 0.4) is 0 Å². The Bertz CT molecular complexity index is 3950. The minimum absolute atomic E-state index is 0.885. The molecule has 0 saturated heterocycles. The summed E-state index contributed by atoms with van der Waals surface area (Å²) in [6.07, 6.45) is 0. The largest absolute Gasteiger partial charge is 0.454 e. The van der Waals surface area contributed by atoms with Gasteiger partial charge in [0.05, 0.1) is 33.4 Å². The van der Waals surface area contributed by atoms with E-state index in [1.54, 1.807) is 0 Å². The summed E-state index contributed by atoms with van der Waals surface area (Å²) in [5.74, 6) is 0. The third-order valence-electron chi connectivity index (χ3n) is 14.4. The molecular formula is C62H42N2O2Si. The molecule has 0 aliphatic carbocycles. The lowest BCUT2D eigenvalue weighted by atomic mass is 10.0. The van der Waals surface area contributed by atoms with Crippen molar-refractivity contribution in [1.82, 2.24) is 9.13 Å². The molecule has 0 saturated carbocycles. The molecule has 67 heavy (non-hydrogen) atoms. The minimum atomic E-state index is -2.37. The molecular weight excluding hydrogens is 833 g/mol. The first-order valence-corrected chi connectivity index (χ1v) is 26.1. The number of benzene rings is 10. The van der Waals surface area contributed by atoms with E-state index >= 15 is 0 Å². The zero-order chi connectivity index (χ0) is 44.4. The molecule has 0 amide bonds. The van der Waals surface area contributed by atoms with Gasteiger partial charge < -0.3 is 18.0 Å². The first-order valence-electron chi connectivity index (χ1n) is 23.1. The number of nitrogens with zero attached hydrogens (tertiary/aromatic N) is 2. The first-order chi connectivity index (χ1) is 33.0. The molecule has 0 aliphatic heterocycles. The number of para-hydroxylation sites is 6. The number of fused-ring (bicyclic) bond motifs is 12. The van der Waals surface area contributed by atoms with Crippen molar-refractivity contribution in [2.75, 3.05) is 0 Å². The van der Waals surface area contributed by atoms with E-state index in [0.717, 1.165) is 55.3 Å². The van der Waals surface area contributed by atoms with Gasteiger partial charge in [0.2, 0.25) is 0 Å². The quantitative estimate of drug-likeness (QED) is 0.156. The normalized spacial score (nSPS) is 12.3. The summed E-state index contributed by atoms with van der Waals surface area (Å²) in [5.41, 5.74) is 15.2. The van der Waals surface area contributed by atoms with Crippen LogP contribution >= 0.6 is 0 Å². The van der Waals surface area contributed by atoms with Crippen molar-refractivity contribution in [2.45, 2.75) is 13.1 Å². The molecule has 316 valence electrons. The van der Waals surface area contributed by atoms with Crippen molar-refractivity contribution in [1.29, 1.82) is 0 Å². The van der Waals surface area contributed by atoms with Crippen LogP contribution in [-0.4, -0.2) is 17.2 Å². The van der Waals surface area contributed by atoms with E-state index in [1.807, 2.05) is 0 Å². The molecule has 10 aromatic carbocycles. The van der Waals surface area contributed by atoms with Crippen LogP contribution in [0.1, 0.15) is 0 Å². The highest BCUT2D eigenvalue weighted by Crippen LogP contribution is 2.41. The highest BCUT2D eigenvalue weighted by atomic mass is 28.3. The van der Waals surface area contributed by atoms with Gasteiger partial charge in [-0.3, -0.25) is 0 Å². The van der Waals surface area contributed by atoms with Crippen molar-refractivity contribution in [3.8, 4) is 33.6 Å². The average Bonchev–Trinajstić information content (AvgIpc) is 4.14. The van der Waals surface area contributed by atoms with Crippen molar-refractivity contribution in [2.24, 2.45) is 0 Å². The molecule has 4 aromatic heterocycles. The summed E-state index contributed by atoms with van der Waals surface area (Å²) in [7, 11) is -2.37. The molecule has 5 heteroatoms. The number of aromatic nitrogens is 2. The second-order valence-corrected chi connectivity index (χ2v) is 22.7. The van der Waals surface area contributed by atoms with Crippen LogP contribution in [0, 0.1) is 0 Å². The van der Waals surface area contributed by atoms with Crippen LogP contribution in [-0.2, 0) is 0 Å². The van der Waals surface area contributed by atoms with Crippen molar-refractivity contribution >= 4 is 106 Å². The van der Waals surface area contributed by atoms with Crippen molar-refractivity contribution in [3.63, 3.8) is 0 Å². The molecule has 14 rings (SSSR count). The van der Waals surface area contributed by atoms with Crippen LogP contribution in [0.25, 0.3) is 121 Å². The molecule has 4 nitrogen and oxygen atoms in total. The van der Waals surface area contributed by atoms with Gasteiger partial charge in [0.25, 0.3) is 0 Å². The lowest BCUT2D eigenvalue weighted by Gasteiger charge is -2.29. The monoisotopic (exact) mass is 874 g/mol. The Labute approximate surface area is 387 Å². The predicted molar refractivity (Wildman–Crippen MR) is 284 cm³/mol. The molecule has 0 bridgehead atoms.